The standard InChI is InChI=1S/C38H29Br/c1-37(2)32-19-22(13-16-27(32)28-18-15-24(39)21-34(28)37)23-14-17-31-33(20-23)38(3,4)36-30-12-8-6-10-26(30)25-9-5-7-11-29(25)35(31)36/h5-21H,1-4H3. The lowest BCUT2D eigenvalue weighted by Crippen LogP contribution is -2.16. The third kappa shape index (κ3) is 3.00. The van der Waals surface area contributed by atoms with E-state index >= 15 is 0 Å². The van der Waals surface area contributed by atoms with Crippen LogP contribution in [0.5, 0.6) is 0 Å². The van der Waals surface area contributed by atoms with Crippen LogP contribution in [0.3, 0.4) is 0 Å². The molecule has 0 bridgehead atoms. The van der Waals surface area contributed by atoms with E-state index in [4.69, 9.17) is 0 Å². The van der Waals surface area contributed by atoms with Crippen LogP contribution in [0.25, 0.3) is 54.9 Å². The Bertz CT molecular complexity index is 2020. The highest BCUT2D eigenvalue weighted by Crippen LogP contribution is 2.56. The second kappa shape index (κ2) is 7.71. The lowest BCUT2D eigenvalue weighted by atomic mass is 9.78. The van der Waals surface area contributed by atoms with Gasteiger partial charge in [-0.15, -0.1) is 0 Å². The third-order valence-electron chi connectivity index (χ3n) is 9.49. The van der Waals surface area contributed by atoms with Crippen LogP contribution in [0.1, 0.15) is 49.9 Å². The van der Waals surface area contributed by atoms with Crippen LogP contribution in [0.4, 0.5) is 0 Å². The van der Waals surface area contributed by atoms with E-state index in [0.29, 0.717) is 0 Å². The predicted molar refractivity (Wildman–Crippen MR) is 170 cm³/mol. The Hall–Kier alpha value is -3.68. The maximum atomic E-state index is 3.69. The summed E-state index contributed by atoms with van der Waals surface area (Å²) < 4.78 is 1.14. The fourth-order valence-electron chi connectivity index (χ4n) is 7.55. The fraction of sp³-hybridized carbons (Fsp3) is 0.158. The van der Waals surface area contributed by atoms with Crippen molar-refractivity contribution in [1.29, 1.82) is 0 Å². The van der Waals surface area contributed by atoms with Gasteiger partial charge >= 0.3 is 0 Å². The third-order valence-corrected chi connectivity index (χ3v) is 9.98. The molecule has 0 nitrogen and oxygen atoms in total. The Kier molecular flexibility index (Phi) is 4.59. The number of hydrogen-bond acceptors (Lipinski definition) is 0. The SMILES string of the molecule is CC1(C)c2cc(Br)ccc2-c2ccc(-c3ccc4c(c3)C(C)(C)c3c-4c4ccccc4c4ccccc34)cc21. The summed E-state index contributed by atoms with van der Waals surface area (Å²) in [7, 11) is 0. The molecule has 6 aromatic carbocycles. The smallest absolute Gasteiger partial charge is 0.0178 e. The van der Waals surface area contributed by atoms with Crippen molar-refractivity contribution in [3.8, 4) is 33.4 Å². The second-order valence-corrected chi connectivity index (χ2v) is 13.2. The quantitative estimate of drug-likeness (QED) is 0.174. The van der Waals surface area contributed by atoms with E-state index in [1.54, 1.807) is 0 Å². The molecule has 0 saturated carbocycles. The average molecular weight is 566 g/mol. The molecule has 0 aromatic heterocycles. The lowest BCUT2D eigenvalue weighted by Gasteiger charge is -2.24. The zero-order chi connectivity index (χ0) is 26.7. The van der Waals surface area contributed by atoms with Crippen molar-refractivity contribution in [2.24, 2.45) is 0 Å². The Balaban J connectivity index is 1.34. The Morgan fingerprint density at radius 1 is 0.462 bits per heavy atom. The van der Waals surface area contributed by atoms with Gasteiger partial charge in [-0.1, -0.05) is 122 Å². The molecule has 0 heterocycles. The molecule has 0 spiro atoms. The van der Waals surface area contributed by atoms with Crippen molar-refractivity contribution >= 4 is 37.5 Å². The summed E-state index contributed by atoms with van der Waals surface area (Å²) in [5.74, 6) is 0. The molecule has 39 heavy (non-hydrogen) atoms. The van der Waals surface area contributed by atoms with Crippen LogP contribution in [0.15, 0.2) is 108 Å². The molecule has 0 unspecified atom stereocenters. The van der Waals surface area contributed by atoms with Gasteiger partial charge in [0, 0.05) is 15.3 Å². The largest absolute Gasteiger partial charge is 0.0616 e. The fourth-order valence-corrected chi connectivity index (χ4v) is 7.91. The minimum absolute atomic E-state index is 0.0332. The molecule has 0 radical (unpaired) electrons. The summed E-state index contributed by atoms with van der Waals surface area (Å²) in [6.07, 6.45) is 0. The van der Waals surface area contributed by atoms with Crippen LogP contribution in [-0.4, -0.2) is 0 Å². The average Bonchev–Trinajstić information content (AvgIpc) is 3.32. The Morgan fingerprint density at radius 2 is 0.949 bits per heavy atom. The number of hydrogen-bond donors (Lipinski definition) is 0. The van der Waals surface area contributed by atoms with Crippen molar-refractivity contribution in [3.63, 3.8) is 0 Å². The highest BCUT2D eigenvalue weighted by molar-refractivity contribution is 9.10. The summed E-state index contributed by atoms with van der Waals surface area (Å²) in [5.41, 5.74) is 13.6. The molecular formula is C38H29Br. The molecule has 0 saturated heterocycles. The van der Waals surface area contributed by atoms with Gasteiger partial charge in [-0.2, -0.15) is 0 Å². The molecule has 188 valence electrons. The highest BCUT2D eigenvalue weighted by Gasteiger charge is 2.39. The molecule has 0 N–H and O–H groups in total. The zero-order valence-corrected chi connectivity index (χ0v) is 24.3. The van der Waals surface area contributed by atoms with Gasteiger partial charge in [0.2, 0.25) is 0 Å². The van der Waals surface area contributed by atoms with Crippen molar-refractivity contribution in [2.45, 2.75) is 38.5 Å². The maximum Gasteiger partial charge on any atom is 0.0178 e. The van der Waals surface area contributed by atoms with Gasteiger partial charge < -0.3 is 0 Å². The maximum absolute atomic E-state index is 3.69. The van der Waals surface area contributed by atoms with E-state index < -0.39 is 0 Å². The first-order chi connectivity index (χ1) is 18.8. The van der Waals surface area contributed by atoms with Crippen LogP contribution < -0.4 is 0 Å². The zero-order valence-electron chi connectivity index (χ0n) is 22.7. The molecule has 8 rings (SSSR count). The minimum atomic E-state index is -0.0944. The Labute approximate surface area is 238 Å². The van der Waals surface area contributed by atoms with Crippen LogP contribution in [0, 0.1) is 0 Å². The summed E-state index contributed by atoms with van der Waals surface area (Å²) in [6.45, 7) is 9.52. The normalized spacial score (nSPS) is 15.7. The van der Waals surface area contributed by atoms with E-state index in [2.05, 4.69) is 147 Å². The summed E-state index contributed by atoms with van der Waals surface area (Å²) in [5, 5.41) is 5.41. The number of halogens is 1. The first-order valence-corrected chi connectivity index (χ1v) is 14.6. The van der Waals surface area contributed by atoms with Gasteiger partial charge in [-0.25, -0.2) is 0 Å². The van der Waals surface area contributed by atoms with Gasteiger partial charge in [0.15, 0.2) is 0 Å². The van der Waals surface area contributed by atoms with Crippen LogP contribution in [-0.2, 0) is 10.8 Å². The summed E-state index contributed by atoms with van der Waals surface area (Å²) in [6, 6.07) is 38.8. The van der Waals surface area contributed by atoms with E-state index in [0.717, 1.165) is 4.47 Å². The van der Waals surface area contributed by atoms with Crippen molar-refractivity contribution in [2.75, 3.05) is 0 Å². The topological polar surface area (TPSA) is 0 Å². The monoisotopic (exact) mass is 564 g/mol. The minimum Gasteiger partial charge on any atom is -0.0616 e. The van der Waals surface area contributed by atoms with E-state index in [-0.39, 0.29) is 10.8 Å². The van der Waals surface area contributed by atoms with Crippen LogP contribution >= 0.6 is 15.9 Å². The molecule has 2 aliphatic rings. The molecule has 6 aromatic rings. The number of benzene rings is 6. The van der Waals surface area contributed by atoms with Gasteiger partial charge in [0.1, 0.15) is 0 Å². The van der Waals surface area contributed by atoms with Crippen LogP contribution in [0.2, 0.25) is 0 Å². The molecule has 0 amide bonds. The molecule has 2 aliphatic carbocycles. The lowest BCUT2D eigenvalue weighted by molar-refractivity contribution is 0.660. The summed E-state index contributed by atoms with van der Waals surface area (Å²) >= 11 is 3.69. The highest BCUT2D eigenvalue weighted by atomic mass is 79.9. The molecule has 1 heteroatoms. The first kappa shape index (κ1) is 23.2. The van der Waals surface area contributed by atoms with Gasteiger partial charge in [-0.3, -0.25) is 0 Å². The number of rotatable bonds is 1. The van der Waals surface area contributed by atoms with E-state index in [1.807, 2.05) is 0 Å². The van der Waals surface area contributed by atoms with Gasteiger partial charge in [-0.05, 0) is 101 Å². The van der Waals surface area contributed by atoms with Crippen molar-refractivity contribution < 1.29 is 0 Å². The van der Waals surface area contributed by atoms with Crippen molar-refractivity contribution in [3.05, 3.63) is 130 Å². The van der Waals surface area contributed by atoms with Crippen molar-refractivity contribution in [1.82, 2.24) is 0 Å². The van der Waals surface area contributed by atoms with Gasteiger partial charge in [0.25, 0.3) is 0 Å². The second-order valence-electron chi connectivity index (χ2n) is 12.3. The first-order valence-electron chi connectivity index (χ1n) is 13.8. The van der Waals surface area contributed by atoms with E-state index in [1.165, 1.54) is 77.2 Å². The van der Waals surface area contributed by atoms with Gasteiger partial charge in [0.05, 0.1) is 0 Å². The molecule has 0 fully saturated rings. The molecular weight excluding hydrogens is 536 g/mol. The molecule has 0 atom stereocenters. The van der Waals surface area contributed by atoms with E-state index in [9.17, 15) is 0 Å². The Morgan fingerprint density at radius 3 is 1.62 bits per heavy atom. The number of fused-ring (bicyclic) bond motifs is 11. The molecule has 0 aliphatic heterocycles. The predicted octanol–water partition coefficient (Wildman–Crippen LogP) is 11.0. The summed E-state index contributed by atoms with van der Waals surface area (Å²) in [4.78, 5) is 0.